The van der Waals surface area contributed by atoms with Crippen molar-refractivity contribution in [3.8, 4) is 0 Å². The van der Waals surface area contributed by atoms with Gasteiger partial charge >= 0.3 is 0 Å². The van der Waals surface area contributed by atoms with E-state index in [9.17, 15) is 4.79 Å². The number of ketones is 1. The molecule has 0 saturated heterocycles. The molecule has 0 amide bonds. The largest absolute Gasteiger partial charge is 0.329 e. The number of imidazole rings is 1. The van der Waals surface area contributed by atoms with E-state index in [1.165, 1.54) is 13.3 Å². The molecule has 0 unspecified atom stereocenters. The Balaban J connectivity index is 3.21. The molecule has 0 radical (unpaired) electrons. The molecule has 0 aliphatic rings. The second-order valence-electron chi connectivity index (χ2n) is 2.31. The van der Waals surface area contributed by atoms with E-state index in [2.05, 4.69) is 9.98 Å². The summed E-state index contributed by atoms with van der Waals surface area (Å²) in [6.45, 7) is 1.46. The number of Topliss-reactive ketones (excluding diaryl/α,β-unsaturated/α-hetero) is 1. The number of halogens is 1. The van der Waals surface area contributed by atoms with Gasteiger partial charge in [-0.1, -0.05) is 11.6 Å². The minimum Gasteiger partial charge on any atom is -0.329 e. The Bertz CT molecular complexity index is 329. The van der Waals surface area contributed by atoms with Crippen molar-refractivity contribution in [3.63, 3.8) is 0 Å². The average molecular weight is 186 g/mol. The van der Waals surface area contributed by atoms with Gasteiger partial charge in [0.25, 0.3) is 0 Å². The third-order valence-corrected chi connectivity index (χ3v) is 1.52. The Labute approximate surface area is 74.9 Å². The third kappa shape index (κ3) is 1.53. The molecular formula is C7H8ClN3O. The number of hydrogen-bond donors (Lipinski definition) is 0. The normalized spacial score (nSPS) is 10.9. The lowest BCUT2D eigenvalue weighted by Crippen LogP contribution is -2.00. The van der Waals surface area contributed by atoms with E-state index in [1.807, 2.05) is 0 Å². The SMILES string of the molecule is CC(=O)c1c(N=CCl)ncn1C. The van der Waals surface area contributed by atoms with E-state index in [0.717, 1.165) is 5.67 Å². The van der Waals surface area contributed by atoms with Gasteiger partial charge in [-0.05, 0) is 0 Å². The molecule has 0 aliphatic heterocycles. The lowest BCUT2D eigenvalue weighted by Gasteiger charge is -1.95. The maximum absolute atomic E-state index is 11.0. The molecule has 1 rings (SSSR count). The van der Waals surface area contributed by atoms with Crippen LogP contribution in [0.4, 0.5) is 5.82 Å². The highest BCUT2D eigenvalue weighted by atomic mass is 35.5. The van der Waals surface area contributed by atoms with Gasteiger partial charge in [0.1, 0.15) is 5.69 Å². The number of aliphatic imine (C=N–C) groups is 1. The molecule has 0 fully saturated rings. The summed E-state index contributed by atoms with van der Waals surface area (Å²) in [5.74, 6) is 0.285. The van der Waals surface area contributed by atoms with Crippen molar-refractivity contribution in [2.75, 3.05) is 0 Å². The minimum atomic E-state index is -0.0766. The van der Waals surface area contributed by atoms with Crippen molar-refractivity contribution in [2.45, 2.75) is 6.92 Å². The summed E-state index contributed by atoms with van der Waals surface area (Å²) < 4.78 is 1.61. The summed E-state index contributed by atoms with van der Waals surface area (Å²) in [7, 11) is 1.73. The number of hydrogen-bond acceptors (Lipinski definition) is 3. The predicted molar refractivity (Wildman–Crippen MR) is 47.2 cm³/mol. The summed E-state index contributed by atoms with van der Waals surface area (Å²) in [4.78, 5) is 18.7. The fourth-order valence-electron chi connectivity index (χ4n) is 0.964. The standard InChI is InChI=1S/C7H8ClN3O/c1-5(12)6-7(9-3-8)10-4-11(6)2/h3-4H,1-2H3. The van der Waals surface area contributed by atoms with Crippen LogP contribution in [0.25, 0.3) is 0 Å². The van der Waals surface area contributed by atoms with Crippen molar-refractivity contribution < 1.29 is 4.79 Å². The first kappa shape index (κ1) is 8.93. The summed E-state index contributed by atoms with van der Waals surface area (Å²) in [5.41, 5.74) is 1.56. The van der Waals surface area contributed by atoms with Gasteiger partial charge in [-0.3, -0.25) is 4.79 Å². The lowest BCUT2D eigenvalue weighted by molar-refractivity contribution is 0.101. The Morgan fingerprint density at radius 3 is 3.00 bits per heavy atom. The average Bonchev–Trinajstić information content (AvgIpc) is 2.32. The number of carbonyl (C=O) groups excluding carboxylic acids is 1. The molecule has 0 saturated carbocycles. The number of aromatic nitrogens is 2. The summed E-state index contributed by atoms with van der Waals surface area (Å²) in [6, 6.07) is 0. The number of aryl methyl sites for hydroxylation is 1. The summed E-state index contributed by atoms with van der Waals surface area (Å²) >= 11 is 5.27. The first-order valence-electron chi connectivity index (χ1n) is 3.31. The van der Waals surface area contributed by atoms with Gasteiger partial charge in [0.15, 0.2) is 11.6 Å². The Morgan fingerprint density at radius 2 is 2.50 bits per heavy atom. The molecule has 0 atom stereocenters. The summed E-state index contributed by atoms with van der Waals surface area (Å²) in [5, 5.41) is 0. The molecule has 1 aromatic rings. The molecule has 0 N–H and O–H groups in total. The highest BCUT2D eigenvalue weighted by molar-refractivity contribution is 6.56. The van der Waals surface area contributed by atoms with Crippen LogP contribution in [0.2, 0.25) is 0 Å². The highest BCUT2D eigenvalue weighted by Crippen LogP contribution is 2.15. The molecule has 4 nitrogen and oxygen atoms in total. The highest BCUT2D eigenvalue weighted by Gasteiger charge is 2.11. The molecule has 0 spiro atoms. The van der Waals surface area contributed by atoms with Crippen LogP contribution in [0.5, 0.6) is 0 Å². The fourth-order valence-corrected chi connectivity index (χ4v) is 1.06. The van der Waals surface area contributed by atoms with Crippen LogP contribution < -0.4 is 0 Å². The van der Waals surface area contributed by atoms with Crippen molar-refractivity contribution in [1.82, 2.24) is 9.55 Å². The molecule has 12 heavy (non-hydrogen) atoms. The molecule has 0 aliphatic carbocycles. The summed E-state index contributed by atoms with van der Waals surface area (Å²) in [6.07, 6.45) is 1.52. The van der Waals surface area contributed by atoms with E-state index >= 15 is 0 Å². The van der Waals surface area contributed by atoms with Gasteiger partial charge in [0, 0.05) is 14.0 Å². The van der Waals surface area contributed by atoms with Crippen LogP contribution in [-0.4, -0.2) is 21.0 Å². The molecule has 0 aromatic carbocycles. The number of rotatable bonds is 2. The molecular weight excluding hydrogens is 178 g/mol. The van der Waals surface area contributed by atoms with Crippen LogP contribution in [-0.2, 0) is 7.05 Å². The van der Waals surface area contributed by atoms with Gasteiger partial charge in [-0.2, -0.15) is 0 Å². The van der Waals surface area contributed by atoms with Crippen LogP contribution in [0.1, 0.15) is 17.4 Å². The second-order valence-corrected chi connectivity index (χ2v) is 2.51. The molecule has 1 heterocycles. The topological polar surface area (TPSA) is 47.2 Å². The molecule has 5 heteroatoms. The number of nitrogens with zero attached hydrogens (tertiary/aromatic N) is 3. The number of carbonyl (C=O) groups is 1. The van der Waals surface area contributed by atoms with Gasteiger partial charge in [-0.15, -0.1) is 0 Å². The van der Waals surface area contributed by atoms with E-state index in [0.29, 0.717) is 11.5 Å². The van der Waals surface area contributed by atoms with Crippen LogP contribution >= 0.6 is 11.6 Å². The van der Waals surface area contributed by atoms with Gasteiger partial charge < -0.3 is 4.57 Å². The van der Waals surface area contributed by atoms with Gasteiger partial charge in [0.2, 0.25) is 0 Å². The van der Waals surface area contributed by atoms with Gasteiger partial charge in [-0.25, -0.2) is 9.98 Å². The first-order chi connectivity index (χ1) is 5.66. The molecule has 64 valence electrons. The Morgan fingerprint density at radius 1 is 1.83 bits per heavy atom. The third-order valence-electron chi connectivity index (χ3n) is 1.42. The van der Waals surface area contributed by atoms with Gasteiger partial charge in [0.05, 0.1) is 12.0 Å². The Kier molecular flexibility index (Phi) is 2.60. The quantitative estimate of drug-likeness (QED) is 0.518. The maximum Gasteiger partial charge on any atom is 0.182 e. The predicted octanol–water partition coefficient (Wildman–Crippen LogP) is 1.52. The Hall–Kier alpha value is -1.16. The van der Waals surface area contributed by atoms with Crippen LogP contribution in [0, 0.1) is 0 Å². The zero-order valence-electron chi connectivity index (χ0n) is 6.78. The second kappa shape index (κ2) is 3.49. The molecule has 1 aromatic heterocycles. The minimum absolute atomic E-state index is 0.0766. The van der Waals surface area contributed by atoms with Crippen molar-refractivity contribution in [1.29, 1.82) is 0 Å². The van der Waals surface area contributed by atoms with Crippen molar-refractivity contribution in [3.05, 3.63) is 12.0 Å². The first-order valence-corrected chi connectivity index (χ1v) is 3.75. The van der Waals surface area contributed by atoms with E-state index in [-0.39, 0.29) is 5.78 Å². The van der Waals surface area contributed by atoms with Crippen molar-refractivity contribution >= 4 is 28.9 Å². The lowest BCUT2D eigenvalue weighted by atomic mass is 10.3. The maximum atomic E-state index is 11.0. The van der Waals surface area contributed by atoms with Crippen LogP contribution in [0.15, 0.2) is 11.3 Å². The monoisotopic (exact) mass is 185 g/mol. The van der Waals surface area contributed by atoms with Crippen LogP contribution in [0.3, 0.4) is 0 Å². The fraction of sp³-hybridized carbons (Fsp3) is 0.286. The van der Waals surface area contributed by atoms with E-state index < -0.39 is 0 Å². The van der Waals surface area contributed by atoms with Crippen molar-refractivity contribution in [2.24, 2.45) is 12.0 Å². The smallest absolute Gasteiger partial charge is 0.182 e. The molecule has 0 bridgehead atoms. The van der Waals surface area contributed by atoms with E-state index in [4.69, 9.17) is 11.6 Å². The zero-order valence-corrected chi connectivity index (χ0v) is 7.54. The zero-order chi connectivity index (χ0) is 9.14. The van der Waals surface area contributed by atoms with E-state index in [1.54, 1.807) is 11.6 Å².